The lowest BCUT2D eigenvalue weighted by Crippen LogP contribution is -2.16. The molecular formula is C9H11Cl3O4. The molecule has 16 heavy (non-hydrogen) atoms. The van der Waals surface area contributed by atoms with Gasteiger partial charge in [-0.05, 0) is 6.42 Å². The number of carbonyl (C=O) groups is 2. The average Bonchev–Trinajstić information content (AvgIpc) is 2.19. The number of alkyl halides is 3. The van der Waals surface area contributed by atoms with Crippen LogP contribution in [-0.4, -0.2) is 28.9 Å². The van der Waals surface area contributed by atoms with Crippen LogP contribution < -0.4 is 0 Å². The molecule has 0 spiro atoms. The van der Waals surface area contributed by atoms with Gasteiger partial charge in [0.1, 0.15) is 6.61 Å². The molecular weight excluding hydrogens is 278 g/mol. The molecule has 0 bridgehead atoms. The fourth-order valence-corrected chi connectivity index (χ4v) is 0.752. The molecule has 0 aromatic heterocycles. The summed E-state index contributed by atoms with van der Waals surface area (Å²) < 4.78 is 7.55. The van der Waals surface area contributed by atoms with Crippen LogP contribution >= 0.6 is 34.8 Å². The van der Waals surface area contributed by atoms with E-state index in [0.717, 1.165) is 12.2 Å². The Hall–Kier alpha value is -0.450. The van der Waals surface area contributed by atoms with Gasteiger partial charge in [-0.25, -0.2) is 9.59 Å². The van der Waals surface area contributed by atoms with Crippen molar-refractivity contribution in [3.63, 3.8) is 0 Å². The summed E-state index contributed by atoms with van der Waals surface area (Å²) in [6.07, 6.45) is 2.57. The van der Waals surface area contributed by atoms with E-state index in [0.29, 0.717) is 13.0 Å². The van der Waals surface area contributed by atoms with E-state index in [1.807, 2.05) is 6.92 Å². The van der Waals surface area contributed by atoms with Crippen molar-refractivity contribution < 1.29 is 19.1 Å². The SMILES string of the molecule is CCCOC(=O)/C=C/C(=O)OCC(Cl)(Cl)Cl. The van der Waals surface area contributed by atoms with Gasteiger partial charge in [0, 0.05) is 12.2 Å². The third-order valence-electron chi connectivity index (χ3n) is 1.18. The minimum absolute atomic E-state index is 0.298. The van der Waals surface area contributed by atoms with E-state index in [1.54, 1.807) is 0 Å². The van der Waals surface area contributed by atoms with Crippen LogP contribution in [0, 0.1) is 0 Å². The van der Waals surface area contributed by atoms with Crippen molar-refractivity contribution in [3.05, 3.63) is 12.2 Å². The molecule has 0 heterocycles. The number of hydrogen-bond donors (Lipinski definition) is 0. The Kier molecular flexibility index (Phi) is 7.55. The summed E-state index contributed by atoms with van der Waals surface area (Å²) in [7, 11) is 0. The Morgan fingerprint density at radius 3 is 2.06 bits per heavy atom. The van der Waals surface area contributed by atoms with E-state index in [-0.39, 0.29) is 6.61 Å². The number of rotatable bonds is 5. The van der Waals surface area contributed by atoms with E-state index in [4.69, 9.17) is 34.8 Å². The van der Waals surface area contributed by atoms with Gasteiger partial charge in [0.25, 0.3) is 0 Å². The van der Waals surface area contributed by atoms with Crippen LogP contribution in [0.1, 0.15) is 13.3 Å². The first-order chi connectivity index (χ1) is 7.35. The Labute approximate surface area is 108 Å². The number of hydrogen-bond acceptors (Lipinski definition) is 4. The first kappa shape index (κ1) is 15.6. The van der Waals surface area contributed by atoms with Gasteiger partial charge in [-0.2, -0.15) is 0 Å². The zero-order valence-corrected chi connectivity index (χ0v) is 10.8. The van der Waals surface area contributed by atoms with E-state index in [1.165, 1.54) is 0 Å². The largest absolute Gasteiger partial charge is 0.463 e. The summed E-state index contributed by atoms with van der Waals surface area (Å²) >= 11 is 16.0. The summed E-state index contributed by atoms with van der Waals surface area (Å²) in [5, 5.41) is 0. The highest BCUT2D eigenvalue weighted by Gasteiger charge is 2.21. The van der Waals surface area contributed by atoms with Crippen molar-refractivity contribution in [2.75, 3.05) is 13.2 Å². The van der Waals surface area contributed by atoms with Crippen LogP contribution in [0.4, 0.5) is 0 Å². The Balaban J connectivity index is 3.86. The molecule has 0 amide bonds. The summed E-state index contributed by atoms with van der Waals surface area (Å²) in [5.41, 5.74) is 0. The van der Waals surface area contributed by atoms with Gasteiger partial charge in [0.2, 0.25) is 3.79 Å². The zero-order chi connectivity index (χ0) is 12.6. The number of carbonyl (C=O) groups excluding carboxylic acids is 2. The molecule has 0 unspecified atom stereocenters. The number of halogens is 3. The molecule has 0 aliphatic carbocycles. The van der Waals surface area contributed by atoms with E-state index in [2.05, 4.69) is 9.47 Å². The maximum atomic E-state index is 11.0. The van der Waals surface area contributed by atoms with Crippen molar-refractivity contribution in [2.24, 2.45) is 0 Å². The van der Waals surface area contributed by atoms with Crippen molar-refractivity contribution in [2.45, 2.75) is 17.1 Å². The summed E-state index contributed by atoms with van der Waals surface area (Å²) in [4.78, 5) is 21.9. The molecule has 0 radical (unpaired) electrons. The Morgan fingerprint density at radius 1 is 1.12 bits per heavy atom. The second-order valence-corrected chi connectivity index (χ2v) is 5.24. The second kappa shape index (κ2) is 7.76. The molecule has 7 heteroatoms. The van der Waals surface area contributed by atoms with E-state index >= 15 is 0 Å². The second-order valence-electron chi connectivity index (χ2n) is 2.72. The summed E-state index contributed by atoms with van der Waals surface area (Å²) in [5.74, 6) is -1.40. The smallest absolute Gasteiger partial charge is 0.331 e. The first-order valence-electron chi connectivity index (χ1n) is 4.43. The molecule has 0 fully saturated rings. The predicted molar refractivity (Wildman–Crippen MR) is 61.6 cm³/mol. The average molecular weight is 290 g/mol. The Morgan fingerprint density at radius 2 is 1.62 bits per heavy atom. The molecule has 0 aliphatic heterocycles. The van der Waals surface area contributed by atoms with Gasteiger partial charge < -0.3 is 9.47 Å². The van der Waals surface area contributed by atoms with Gasteiger partial charge >= 0.3 is 11.9 Å². The molecule has 0 saturated carbocycles. The van der Waals surface area contributed by atoms with Crippen molar-refractivity contribution in [3.8, 4) is 0 Å². The quantitative estimate of drug-likeness (QED) is 0.443. The van der Waals surface area contributed by atoms with Gasteiger partial charge in [-0.1, -0.05) is 41.7 Å². The van der Waals surface area contributed by atoms with E-state index in [9.17, 15) is 9.59 Å². The minimum atomic E-state index is -1.66. The highest BCUT2D eigenvalue weighted by atomic mass is 35.6. The minimum Gasteiger partial charge on any atom is -0.463 e. The van der Waals surface area contributed by atoms with Gasteiger partial charge in [0.05, 0.1) is 6.61 Å². The van der Waals surface area contributed by atoms with Crippen LogP contribution in [-0.2, 0) is 19.1 Å². The molecule has 0 rings (SSSR count). The van der Waals surface area contributed by atoms with Crippen LogP contribution in [0.15, 0.2) is 12.2 Å². The van der Waals surface area contributed by atoms with Gasteiger partial charge in [-0.3, -0.25) is 0 Å². The Bertz CT molecular complexity index is 270. The van der Waals surface area contributed by atoms with Crippen LogP contribution in [0.25, 0.3) is 0 Å². The fraction of sp³-hybridized carbons (Fsp3) is 0.556. The monoisotopic (exact) mass is 288 g/mol. The normalized spacial score (nSPS) is 11.5. The summed E-state index contributed by atoms with van der Waals surface area (Å²) in [6, 6.07) is 0. The fourth-order valence-electron chi connectivity index (χ4n) is 0.588. The van der Waals surface area contributed by atoms with Crippen LogP contribution in [0.2, 0.25) is 0 Å². The lowest BCUT2D eigenvalue weighted by Gasteiger charge is -2.09. The molecule has 0 saturated heterocycles. The number of esters is 2. The lowest BCUT2D eigenvalue weighted by molar-refractivity contribution is -0.140. The molecule has 0 aromatic carbocycles. The highest BCUT2D eigenvalue weighted by molar-refractivity contribution is 6.67. The molecule has 0 atom stereocenters. The van der Waals surface area contributed by atoms with Crippen molar-refractivity contribution >= 4 is 46.7 Å². The van der Waals surface area contributed by atoms with Crippen molar-refractivity contribution in [1.29, 1.82) is 0 Å². The third kappa shape index (κ3) is 10.1. The van der Waals surface area contributed by atoms with Crippen LogP contribution in [0.3, 0.4) is 0 Å². The van der Waals surface area contributed by atoms with Gasteiger partial charge in [-0.15, -0.1) is 0 Å². The van der Waals surface area contributed by atoms with Crippen molar-refractivity contribution in [1.82, 2.24) is 0 Å². The maximum absolute atomic E-state index is 11.0. The number of ether oxygens (including phenoxy) is 2. The third-order valence-corrected chi connectivity index (χ3v) is 1.51. The van der Waals surface area contributed by atoms with E-state index < -0.39 is 15.7 Å². The highest BCUT2D eigenvalue weighted by Crippen LogP contribution is 2.25. The van der Waals surface area contributed by atoms with Gasteiger partial charge in [0.15, 0.2) is 0 Å². The molecule has 0 N–H and O–H groups in total. The molecule has 0 aliphatic rings. The lowest BCUT2D eigenvalue weighted by atomic mass is 10.5. The molecule has 4 nitrogen and oxygen atoms in total. The molecule has 92 valence electrons. The zero-order valence-electron chi connectivity index (χ0n) is 8.54. The topological polar surface area (TPSA) is 52.6 Å². The maximum Gasteiger partial charge on any atom is 0.331 e. The summed E-state index contributed by atoms with van der Waals surface area (Å²) in [6.45, 7) is 1.77. The molecule has 0 aromatic rings. The standard InChI is InChI=1S/C9H11Cl3O4/c1-2-5-15-7(13)3-4-8(14)16-6-9(10,11)12/h3-4H,2,5-6H2,1H3/b4-3+. The first-order valence-corrected chi connectivity index (χ1v) is 5.57. The predicted octanol–water partition coefficient (Wildman–Crippen LogP) is 2.41. The van der Waals surface area contributed by atoms with Crippen LogP contribution in [0.5, 0.6) is 0 Å².